The summed E-state index contributed by atoms with van der Waals surface area (Å²) in [6, 6.07) is 9.31. The lowest BCUT2D eigenvalue weighted by atomic mass is 10.1. The number of methoxy groups -OCH3 is 1. The number of hydrogen-bond donors (Lipinski definition) is 0. The number of ether oxygens (including phenoxy) is 1. The summed E-state index contributed by atoms with van der Waals surface area (Å²) in [5.74, 6) is 0.155. The van der Waals surface area contributed by atoms with Crippen molar-refractivity contribution in [1.82, 2.24) is 0 Å². The molecular weight excluding hydrogens is 332 g/mol. The molecule has 0 saturated heterocycles. The van der Waals surface area contributed by atoms with Crippen LogP contribution in [0.3, 0.4) is 0 Å². The first-order chi connectivity index (χ1) is 12.2. The zero-order valence-corrected chi connectivity index (χ0v) is 16.7. The van der Waals surface area contributed by atoms with E-state index in [1.54, 1.807) is 0 Å². The summed E-state index contributed by atoms with van der Waals surface area (Å²) >= 11 is 0. The van der Waals surface area contributed by atoms with Gasteiger partial charge in [0.25, 0.3) is 0 Å². The molecule has 0 amide bonds. The monoisotopic (exact) mass is 366 g/mol. The van der Waals surface area contributed by atoms with Gasteiger partial charge in [-0.3, -0.25) is 9.00 Å². The van der Waals surface area contributed by atoms with Crippen LogP contribution in [0, 0.1) is 0 Å². The molecule has 0 heterocycles. The van der Waals surface area contributed by atoms with E-state index in [1.807, 2.05) is 30.3 Å². The number of carbonyl (C=O) groups excluding carboxylic acids is 1. The fourth-order valence-corrected chi connectivity index (χ4v) is 4.48. The van der Waals surface area contributed by atoms with Crippen LogP contribution in [0.15, 0.2) is 30.3 Å². The van der Waals surface area contributed by atoms with Gasteiger partial charge in [0.2, 0.25) is 0 Å². The second-order valence-corrected chi connectivity index (χ2v) is 8.22. The molecule has 0 N–H and O–H groups in total. The molecule has 0 aliphatic rings. The van der Waals surface area contributed by atoms with Crippen molar-refractivity contribution < 1.29 is 13.7 Å². The van der Waals surface area contributed by atoms with Crippen molar-refractivity contribution in [2.75, 3.05) is 12.9 Å². The van der Waals surface area contributed by atoms with Crippen molar-refractivity contribution in [3.05, 3.63) is 35.9 Å². The minimum Gasteiger partial charge on any atom is -0.468 e. The number of unbranched alkanes of at least 4 members (excludes halogenated alkanes) is 9. The molecule has 4 heteroatoms. The predicted octanol–water partition coefficient (Wildman–Crippen LogP) is 5.57. The van der Waals surface area contributed by atoms with Gasteiger partial charge in [-0.15, -0.1) is 0 Å². The third-order valence-corrected chi connectivity index (χ3v) is 6.16. The van der Waals surface area contributed by atoms with Gasteiger partial charge in [-0.25, -0.2) is 0 Å². The van der Waals surface area contributed by atoms with E-state index in [9.17, 15) is 9.00 Å². The first-order valence-corrected chi connectivity index (χ1v) is 11.1. The van der Waals surface area contributed by atoms with Gasteiger partial charge >= 0.3 is 5.97 Å². The van der Waals surface area contributed by atoms with Gasteiger partial charge in [-0.05, 0) is 12.0 Å². The van der Waals surface area contributed by atoms with Crippen LogP contribution in [0.1, 0.15) is 81.9 Å². The van der Waals surface area contributed by atoms with Crippen molar-refractivity contribution in [2.45, 2.75) is 76.4 Å². The molecular formula is C21H34O3S. The Balaban J connectivity index is 2.24. The fraction of sp³-hybridized carbons (Fsp3) is 0.667. The smallest absolute Gasteiger partial charge is 0.326 e. The predicted molar refractivity (Wildman–Crippen MR) is 106 cm³/mol. The van der Waals surface area contributed by atoms with Gasteiger partial charge in [0.15, 0.2) is 5.25 Å². The molecule has 142 valence electrons. The minimum absolute atomic E-state index is 0.406. The van der Waals surface area contributed by atoms with Crippen LogP contribution in [-0.4, -0.2) is 23.0 Å². The number of benzene rings is 1. The van der Waals surface area contributed by atoms with Crippen molar-refractivity contribution in [3.8, 4) is 0 Å². The first-order valence-electron chi connectivity index (χ1n) is 9.70. The van der Waals surface area contributed by atoms with Gasteiger partial charge < -0.3 is 4.74 Å². The van der Waals surface area contributed by atoms with Crippen molar-refractivity contribution >= 4 is 16.8 Å². The Morgan fingerprint density at radius 1 is 0.920 bits per heavy atom. The second kappa shape index (κ2) is 14.1. The summed E-state index contributed by atoms with van der Waals surface area (Å²) < 4.78 is 17.4. The van der Waals surface area contributed by atoms with Crippen molar-refractivity contribution in [3.63, 3.8) is 0 Å². The molecule has 0 aliphatic heterocycles. The molecule has 0 saturated carbocycles. The molecule has 2 unspecified atom stereocenters. The summed E-state index contributed by atoms with van der Waals surface area (Å²) in [5, 5.41) is -0.662. The van der Waals surface area contributed by atoms with E-state index >= 15 is 0 Å². The highest BCUT2D eigenvalue weighted by Crippen LogP contribution is 2.22. The Hall–Kier alpha value is -1.16. The largest absolute Gasteiger partial charge is 0.468 e. The van der Waals surface area contributed by atoms with Crippen LogP contribution in [0.2, 0.25) is 0 Å². The van der Waals surface area contributed by atoms with Gasteiger partial charge in [-0.2, -0.15) is 0 Å². The van der Waals surface area contributed by atoms with Crippen LogP contribution in [0.25, 0.3) is 0 Å². The minimum atomic E-state index is -1.23. The van der Waals surface area contributed by atoms with Gasteiger partial charge in [-0.1, -0.05) is 95.0 Å². The Kier molecular flexibility index (Phi) is 12.3. The van der Waals surface area contributed by atoms with Crippen LogP contribution < -0.4 is 0 Å². The van der Waals surface area contributed by atoms with Gasteiger partial charge in [0.1, 0.15) is 0 Å². The number of esters is 1. The molecule has 0 fully saturated rings. The summed E-state index contributed by atoms with van der Waals surface area (Å²) in [6.07, 6.45) is 12.5. The Bertz CT molecular complexity index is 487. The molecule has 2 atom stereocenters. The molecule has 0 aliphatic carbocycles. The lowest BCUT2D eigenvalue weighted by Gasteiger charge is -2.14. The first kappa shape index (κ1) is 21.9. The summed E-state index contributed by atoms with van der Waals surface area (Å²) in [5.41, 5.74) is 0.778. The zero-order chi connectivity index (χ0) is 18.3. The molecule has 0 bridgehead atoms. The molecule has 3 nitrogen and oxygen atoms in total. The maximum atomic E-state index is 12.6. The van der Waals surface area contributed by atoms with E-state index in [1.165, 1.54) is 58.5 Å². The average Bonchev–Trinajstić information content (AvgIpc) is 2.64. The zero-order valence-electron chi connectivity index (χ0n) is 15.9. The number of hydrogen-bond acceptors (Lipinski definition) is 3. The normalized spacial score (nSPS) is 13.4. The van der Waals surface area contributed by atoms with E-state index in [2.05, 4.69) is 6.92 Å². The molecule has 0 aromatic heterocycles. The molecule has 25 heavy (non-hydrogen) atoms. The number of carbonyl (C=O) groups is 1. The van der Waals surface area contributed by atoms with E-state index in [0.717, 1.165) is 18.4 Å². The standard InChI is InChI=1S/C21H34O3S/c1-3-4-5-6-7-8-9-10-11-15-18-25(23)20(21(22)24-2)19-16-13-12-14-17-19/h12-14,16-17,20H,3-11,15,18H2,1-2H3. The van der Waals surface area contributed by atoms with Crippen molar-refractivity contribution in [1.29, 1.82) is 0 Å². The Labute approximate surface area is 156 Å². The maximum absolute atomic E-state index is 12.6. The van der Waals surface area contributed by atoms with Crippen molar-refractivity contribution in [2.24, 2.45) is 0 Å². The van der Waals surface area contributed by atoms with Crippen LogP contribution >= 0.6 is 0 Å². The molecule has 1 aromatic carbocycles. The summed E-state index contributed by atoms with van der Waals surface area (Å²) in [4.78, 5) is 12.0. The molecule has 0 radical (unpaired) electrons. The average molecular weight is 367 g/mol. The van der Waals surface area contributed by atoms with Crippen LogP contribution in [0.4, 0.5) is 0 Å². The highest BCUT2D eigenvalue weighted by Gasteiger charge is 2.27. The van der Waals surface area contributed by atoms with Crippen LogP contribution in [-0.2, 0) is 20.3 Å². The third-order valence-electron chi connectivity index (χ3n) is 4.48. The van der Waals surface area contributed by atoms with E-state index in [0.29, 0.717) is 5.75 Å². The third kappa shape index (κ3) is 9.20. The van der Waals surface area contributed by atoms with Gasteiger partial charge in [0.05, 0.1) is 7.11 Å². The molecule has 1 rings (SSSR count). The number of rotatable bonds is 14. The SMILES string of the molecule is CCCCCCCCCCCCS(=O)C(C(=O)OC)c1ccccc1. The van der Waals surface area contributed by atoms with E-state index in [4.69, 9.17) is 4.74 Å². The topological polar surface area (TPSA) is 43.4 Å². The molecule has 0 spiro atoms. The molecule has 1 aromatic rings. The van der Waals surface area contributed by atoms with E-state index < -0.39 is 22.0 Å². The van der Waals surface area contributed by atoms with Gasteiger partial charge in [0, 0.05) is 16.6 Å². The highest BCUT2D eigenvalue weighted by atomic mass is 32.2. The second-order valence-electron chi connectivity index (χ2n) is 6.58. The fourth-order valence-electron chi connectivity index (χ4n) is 2.98. The lowest BCUT2D eigenvalue weighted by molar-refractivity contribution is -0.140. The lowest BCUT2D eigenvalue weighted by Crippen LogP contribution is -2.21. The Morgan fingerprint density at radius 2 is 1.44 bits per heavy atom. The summed E-state index contributed by atoms with van der Waals surface area (Å²) in [6.45, 7) is 2.24. The highest BCUT2D eigenvalue weighted by molar-refractivity contribution is 7.86. The Morgan fingerprint density at radius 3 is 1.96 bits per heavy atom. The van der Waals surface area contributed by atoms with Crippen LogP contribution in [0.5, 0.6) is 0 Å². The maximum Gasteiger partial charge on any atom is 0.326 e. The van der Waals surface area contributed by atoms with E-state index in [-0.39, 0.29) is 0 Å². The quantitative estimate of drug-likeness (QED) is 0.319. The summed E-state index contributed by atoms with van der Waals surface area (Å²) in [7, 11) is 0.131.